The standard InChI is InChI=1S/C30H33N3O4.C3H8/c1-5-6-20(2)28-25-12-9-23(30(35)36)17-26(25)33(18-27(34)32(3)4)29(28)22-7-10-24(11-8-22)37-19-21-13-15-31-16-14-21;1-3-2/h7-17,20H,5-6,18-19H2,1-4H3,(H,35,36);3H2,1-2H3. The molecule has 4 aromatic rings. The van der Waals surface area contributed by atoms with Crippen LogP contribution >= 0.6 is 0 Å². The van der Waals surface area contributed by atoms with E-state index in [4.69, 9.17) is 4.74 Å². The number of aromatic nitrogens is 2. The van der Waals surface area contributed by atoms with E-state index in [9.17, 15) is 14.7 Å². The molecule has 1 N–H and O–H groups in total. The summed E-state index contributed by atoms with van der Waals surface area (Å²) in [4.78, 5) is 30.3. The van der Waals surface area contributed by atoms with Crippen molar-refractivity contribution < 1.29 is 19.4 Å². The molecule has 1 amide bonds. The molecule has 4 rings (SSSR count). The lowest BCUT2D eigenvalue weighted by molar-refractivity contribution is -0.129. The van der Waals surface area contributed by atoms with E-state index in [0.29, 0.717) is 6.61 Å². The summed E-state index contributed by atoms with van der Waals surface area (Å²) in [7, 11) is 3.46. The van der Waals surface area contributed by atoms with E-state index in [0.717, 1.165) is 51.9 Å². The maximum absolute atomic E-state index is 12.9. The van der Waals surface area contributed by atoms with Gasteiger partial charge >= 0.3 is 5.97 Å². The molecule has 2 aromatic heterocycles. The number of nitrogens with zero attached hydrogens (tertiary/aromatic N) is 3. The summed E-state index contributed by atoms with van der Waals surface area (Å²) < 4.78 is 7.94. The molecule has 2 heterocycles. The maximum atomic E-state index is 12.9. The van der Waals surface area contributed by atoms with Gasteiger partial charge < -0.3 is 19.3 Å². The van der Waals surface area contributed by atoms with E-state index < -0.39 is 5.97 Å². The highest BCUT2D eigenvalue weighted by molar-refractivity contribution is 5.99. The Labute approximate surface area is 237 Å². The van der Waals surface area contributed by atoms with Crippen molar-refractivity contribution in [3.63, 3.8) is 0 Å². The minimum Gasteiger partial charge on any atom is -0.489 e. The Morgan fingerprint density at radius 1 is 1.00 bits per heavy atom. The lowest BCUT2D eigenvalue weighted by Crippen LogP contribution is -2.26. The number of rotatable bonds is 10. The fourth-order valence-electron chi connectivity index (χ4n) is 4.69. The Hall–Kier alpha value is -4.13. The predicted octanol–water partition coefficient (Wildman–Crippen LogP) is 7.39. The highest BCUT2D eigenvalue weighted by atomic mass is 16.5. The van der Waals surface area contributed by atoms with Crippen LogP contribution in [0.25, 0.3) is 22.2 Å². The third-order valence-corrected chi connectivity index (χ3v) is 6.64. The summed E-state index contributed by atoms with van der Waals surface area (Å²) in [5.74, 6) is -0.0970. The fraction of sp³-hybridized carbons (Fsp3) is 0.364. The van der Waals surface area contributed by atoms with Gasteiger partial charge in [0.1, 0.15) is 18.9 Å². The highest BCUT2D eigenvalue weighted by Gasteiger charge is 2.25. The van der Waals surface area contributed by atoms with Crippen molar-refractivity contribution >= 4 is 22.8 Å². The second kappa shape index (κ2) is 14.3. The number of amides is 1. The van der Waals surface area contributed by atoms with Crippen LogP contribution in [0, 0.1) is 0 Å². The zero-order chi connectivity index (χ0) is 29.2. The number of benzene rings is 2. The number of hydrogen-bond donors (Lipinski definition) is 1. The zero-order valence-electron chi connectivity index (χ0n) is 24.5. The Kier molecular flexibility index (Phi) is 10.9. The Morgan fingerprint density at radius 2 is 1.65 bits per heavy atom. The van der Waals surface area contributed by atoms with Gasteiger partial charge in [0.15, 0.2) is 0 Å². The summed E-state index contributed by atoms with van der Waals surface area (Å²) in [6, 6.07) is 16.9. The first kappa shape index (κ1) is 30.4. The van der Waals surface area contributed by atoms with Crippen molar-refractivity contribution in [1.82, 2.24) is 14.5 Å². The van der Waals surface area contributed by atoms with E-state index in [-0.39, 0.29) is 23.9 Å². The maximum Gasteiger partial charge on any atom is 0.335 e. The monoisotopic (exact) mass is 543 g/mol. The smallest absolute Gasteiger partial charge is 0.335 e. The van der Waals surface area contributed by atoms with Gasteiger partial charge in [-0.25, -0.2) is 4.79 Å². The van der Waals surface area contributed by atoms with E-state index in [1.54, 1.807) is 43.5 Å². The van der Waals surface area contributed by atoms with Gasteiger partial charge in [-0.2, -0.15) is 0 Å². The lowest BCUT2D eigenvalue weighted by atomic mass is 9.91. The molecule has 0 saturated carbocycles. The summed E-state index contributed by atoms with van der Waals surface area (Å²) in [6.45, 7) is 9.15. The summed E-state index contributed by atoms with van der Waals surface area (Å²) in [5, 5.41) is 10.6. The number of carboxylic acids is 1. The molecule has 1 unspecified atom stereocenters. The minimum absolute atomic E-state index is 0.0640. The minimum atomic E-state index is -0.992. The molecule has 0 aliphatic rings. The quantitative estimate of drug-likeness (QED) is 0.225. The first-order valence-corrected chi connectivity index (χ1v) is 13.9. The van der Waals surface area contributed by atoms with Crippen LogP contribution in [0.5, 0.6) is 5.75 Å². The van der Waals surface area contributed by atoms with Crippen LogP contribution in [0.4, 0.5) is 0 Å². The number of carbonyl (C=O) groups excluding carboxylic acids is 1. The number of hydrogen-bond acceptors (Lipinski definition) is 4. The van der Waals surface area contributed by atoms with E-state index in [1.165, 1.54) is 6.42 Å². The SMILES string of the molecule is CCC.CCCC(C)c1c(-c2ccc(OCc3ccncc3)cc2)n(CC(=O)N(C)C)c2cc(C(=O)O)ccc12. The summed E-state index contributed by atoms with van der Waals surface area (Å²) in [5.41, 5.74) is 5.01. The van der Waals surface area contributed by atoms with Crippen LogP contribution in [0.15, 0.2) is 67.0 Å². The molecular formula is C33H41N3O4. The zero-order valence-corrected chi connectivity index (χ0v) is 24.5. The summed E-state index contributed by atoms with van der Waals surface area (Å²) in [6.07, 6.45) is 6.72. The van der Waals surface area contributed by atoms with Gasteiger partial charge in [-0.05, 0) is 77.6 Å². The molecule has 1 atom stereocenters. The largest absolute Gasteiger partial charge is 0.489 e. The van der Waals surface area contributed by atoms with Crippen molar-refractivity contribution in [3.05, 3.63) is 83.7 Å². The first-order valence-electron chi connectivity index (χ1n) is 13.9. The summed E-state index contributed by atoms with van der Waals surface area (Å²) >= 11 is 0. The van der Waals surface area contributed by atoms with Gasteiger partial charge in [0, 0.05) is 31.9 Å². The number of aromatic carboxylic acids is 1. The Morgan fingerprint density at radius 3 is 2.23 bits per heavy atom. The molecule has 7 nitrogen and oxygen atoms in total. The van der Waals surface area contributed by atoms with Crippen LogP contribution in [0.3, 0.4) is 0 Å². The second-order valence-corrected chi connectivity index (χ2v) is 10.2. The van der Waals surface area contributed by atoms with Gasteiger partial charge in [0.2, 0.25) is 5.91 Å². The van der Waals surface area contributed by atoms with Crippen molar-refractivity contribution in [1.29, 1.82) is 0 Å². The van der Waals surface area contributed by atoms with E-state index in [1.807, 2.05) is 47.0 Å². The highest BCUT2D eigenvalue weighted by Crippen LogP contribution is 2.41. The molecule has 0 spiro atoms. The molecule has 212 valence electrons. The van der Waals surface area contributed by atoms with Gasteiger partial charge in [0.05, 0.1) is 16.8 Å². The van der Waals surface area contributed by atoms with E-state index >= 15 is 0 Å². The van der Waals surface area contributed by atoms with E-state index in [2.05, 4.69) is 32.7 Å². The van der Waals surface area contributed by atoms with Crippen LogP contribution in [-0.4, -0.2) is 45.5 Å². The number of fused-ring (bicyclic) bond motifs is 1. The normalized spacial score (nSPS) is 11.4. The number of pyridine rings is 1. The Balaban J connectivity index is 0.00000141. The fourth-order valence-corrected chi connectivity index (χ4v) is 4.69. The lowest BCUT2D eigenvalue weighted by Gasteiger charge is -2.18. The molecular weight excluding hydrogens is 502 g/mol. The third kappa shape index (κ3) is 7.29. The third-order valence-electron chi connectivity index (χ3n) is 6.64. The Bertz CT molecular complexity index is 1410. The molecule has 0 aliphatic carbocycles. The van der Waals surface area contributed by atoms with Crippen LogP contribution in [0.2, 0.25) is 0 Å². The number of carbonyl (C=O) groups is 2. The number of likely N-dealkylation sites (N-methyl/N-ethyl adjacent to an activating group) is 1. The second-order valence-electron chi connectivity index (χ2n) is 10.2. The molecule has 40 heavy (non-hydrogen) atoms. The van der Waals surface area contributed by atoms with Gasteiger partial charge in [-0.15, -0.1) is 0 Å². The number of carboxylic acid groups (broad SMARTS) is 1. The van der Waals surface area contributed by atoms with Crippen LogP contribution < -0.4 is 4.74 Å². The molecule has 0 fully saturated rings. The first-order chi connectivity index (χ1) is 19.2. The van der Waals surface area contributed by atoms with Crippen molar-refractivity contribution in [2.24, 2.45) is 0 Å². The van der Waals surface area contributed by atoms with Crippen LogP contribution in [0.1, 0.15) is 74.4 Å². The van der Waals surface area contributed by atoms with Gasteiger partial charge in [-0.3, -0.25) is 9.78 Å². The molecule has 0 saturated heterocycles. The average Bonchev–Trinajstić information content (AvgIpc) is 3.26. The predicted molar refractivity (Wildman–Crippen MR) is 161 cm³/mol. The molecule has 2 aromatic carbocycles. The number of ether oxygens (including phenoxy) is 1. The van der Waals surface area contributed by atoms with Gasteiger partial charge in [0.25, 0.3) is 0 Å². The van der Waals surface area contributed by atoms with Crippen molar-refractivity contribution in [2.45, 2.75) is 66.0 Å². The van der Waals surface area contributed by atoms with Crippen molar-refractivity contribution in [2.75, 3.05) is 14.1 Å². The van der Waals surface area contributed by atoms with Crippen molar-refractivity contribution in [3.8, 4) is 17.0 Å². The molecule has 7 heteroatoms. The molecule has 0 radical (unpaired) electrons. The molecule has 0 bridgehead atoms. The van der Waals surface area contributed by atoms with Crippen LogP contribution in [-0.2, 0) is 17.9 Å². The molecule has 0 aliphatic heterocycles. The van der Waals surface area contributed by atoms with Gasteiger partial charge in [-0.1, -0.05) is 46.6 Å². The average molecular weight is 544 g/mol. The topological polar surface area (TPSA) is 84.7 Å².